The van der Waals surface area contributed by atoms with Crippen molar-refractivity contribution in [3.63, 3.8) is 0 Å². The first kappa shape index (κ1) is 22.7. The molecule has 4 rings (SSSR count). The predicted octanol–water partition coefficient (Wildman–Crippen LogP) is 6.57. The van der Waals surface area contributed by atoms with Crippen molar-refractivity contribution in [3.8, 4) is 0 Å². The lowest BCUT2D eigenvalue weighted by Crippen LogP contribution is -2.14. The molecule has 1 amide bonds. The maximum absolute atomic E-state index is 13.5. The van der Waals surface area contributed by atoms with Crippen LogP contribution in [-0.2, 0) is 12.6 Å². The third-order valence-electron chi connectivity index (χ3n) is 4.96. The smallest absolute Gasteiger partial charge is 0.322 e. The van der Waals surface area contributed by atoms with Crippen LogP contribution in [0.1, 0.15) is 27.2 Å². The second-order valence-electron chi connectivity index (χ2n) is 7.24. The first-order valence-corrected chi connectivity index (χ1v) is 9.80. The molecule has 0 unspecified atom stereocenters. The van der Waals surface area contributed by atoms with Gasteiger partial charge in [0.25, 0.3) is 5.91 Å². The highest BCUT2D eigenvalue weighted by Gasteiger charge is 2.34. The number of benzene rings is 3. The van der Waals surface area contributed by atoms with Gasteiger partial charge in [0.2, 0.25) is 0 Å². The van der Waals surface area contributed by atoms with E-state index in [9.17, 15) is 22.4 Å². The number of alkyl halides is 3. The van der Waals surface area contributed by atoms with Gasteiger partial charge >= 0.3 is 6.18 Å². The number of carbonyl (C=O) groups is 1. The molecule has 0 atom stereocenters. The first-order chi connectivity index (χ1) is 16.2. The third-order valence-corrected chi connectivity index (χ3v) is 4.96. The summed E-state index contributed by atoms with van der Waals surface area (Å²) in [6.45, 7) is 0. The number of amides is 1. The summed E-state index contributed by atoms with van der Waals surface area (Å²) in [6, 6.07) is 14.2. The number of hydrogen-bond donors (Lipinski definition) is 1. The topological polar surface area (TPSA) is 104 Å². The van der Waals surface area contributed by atoms with E-state index in [0.717, 1.165) is 17.0 Å². The van der Waals surface area contributed by atoms with E-state index in [1.54, 1.807) is 36.4 Å². The molecule has 0 saturated heterocycles. The fourth-order valence-corrected chi connectivity index (χ4v) is 3.45. The largest absolute Gasteiger partial charge is 0.419 e. The molecule has 3 aromatic carbocycles. The van der Waals surface area contributed by atoms with E-state index in [-0.39, 0.29) is 17.1 Å². The number of aromatic nitrogens is 2. The van der Waals surface area contributed by atoms with E-state index in [1.165, 1.54) is 6.33 Å². The second kappa shape index (κ2) is 9.16. The molecule has 0 bridgehead atoms. The molecule has 170 valence electrons. The molecule has 1 heterocycles. The van der Waals surface area contributed by atoms with Gasteiger partial charge in [-0.2, -0.15) is 13.2 Å². The summed E-state index contributed by atoms with van der Waals surface area (Å²) >= 11 is 0. The van der Waals surface area contributed by atoms with E-state index in [1.807, 2.05) is 6.07 Å². The Morgan fingerprint density at radius 2 is 1.88 bits per heavy atom. The molecule has 0 aliphatic heterocycles. The minimum absolute atomic E-state index is 0.174. The molecular formula is C23H14F4N6O. The number of carbonyl (C=O) groups excluding carboxylic acids is 1. The first-order valence-electron chi connectivity index (χ1n) is 9.80. The summed E-state index contributed by atoms with van der Waals surface area (Å²) in [6.07, 6.45) is -3.17. The Bertz CT molecular complexity index is 1450. The number of rotatable bonds is 5. The summed E-state index contributed by atoms with van der Waals surface area (Å²) in [5.41, 5.74) is 8.65. The van der Waals surface area contributed by atoms with Crippen LogP contribution in [0.2, 0.25) is 0 Å². The second-order valence-corrected chi connectivity index (χ2v) is 7.24. The quantitative estimate of drug-likeness (QED) is 0.156. The standard InChI is InChI=1S/C23H14F4N6O/c24-20-7-5-15(10-19(20)23(25,26)27)31-22(34)18-3-1-2-14-8-13(4-6-17(14)18)9-16-11-21(32-33-28)30-12-29-16/h1-8,10-12H,9H2,(H,31,34). The average Bonchev–Trinajstić information content (AvgIpc) is 2.79. The maximum atomic E-state index is 13.5. The van der Waals surface area contributed by atoms with Crippen molar-refractivity contribution >= 4 is 28.2 Å². The monoisotopic (exact) mass is 466 g/mol. The van der Waals surface area contributed by atoms with E-state index in [0.29, 0.717) is 29.6 Å². The number of halogens is 4. The van der Waals surface area contributed by atoms with Crippen molar-refractivity contribution in [1.82, 2.24) is 9.97 Å². The van der Waals surface area contributed by atoms with Crippen LogP contribution in [0.25, 0.3) is 21.2 Å². The number of nitrogens with one attached hydrogen (secondary N) is 1. The van der Waals surface area contributed by atoms with E-state index >= 15 is 0 Å². The SMILES string of the molecule is [N-]=[N+]=Nc1cc(Cc2ccc3c(C(=O)Nc4ccc(F)c(C(F)(F)F)c4)cccc3c2)ncn1. The lowest BCUT2D eigenvalue weighted by atomic mass is 9.99. The Hall–Kier alpha value is -4.50. The van der Waals surface area contributed by atoms with Gasteiger partial charge in [-0.3, -0.25) is 4.79 Å². The average molecular weight is 466 g/mol. The molecule has 0 aliphatic rings. The van der Waals surface area contributed by atoms with Crippen LogP contribution >= 0.6 is 0 Å². The fourth-order valence-electron chi connectivity index (χ4n) is 3.45. The van der Waals surface area contributed by atoms with Crippen LogP contribution in [0.15, 0.2) is 72.1 Å². The Morgan fingerprint density at radius 1 is 1.06 bits per heavy atom. The van der Waals surface area contributed by atoms with Crippen LogP contribution < -0.4 is 5.32 Å². The van der Waals surface area contributed by atoms with Crippen molar-refractivity contribution in [1.29, 1.82) is 0 Å². The van der Waals surface area contributed by atoms with E-state index in [2.05, 4.69) is 25.3 Å². The number of fused-ring (bicyclic) bond motifs is 1. The molecule has 4 aromatic rings. The molecule has 0 fully saturated rings. The number of nitrogens with zero attached hydrogens (tertiary/aromatic N) is 5. The Labute approximate surface area is 189 Å². The summed E-state index contributed by atoms with van der Waals surface area (Å²) in [7, 11) is 0. The summed E-state index contributed by atoms with van der Waals surface area (Å²) < 4.78 is 52.4. The normalized spacial score (nSPS) is 11.2. The molecule has 0 saturated carbocycles. The molecule has 0 spiro atoms. The molecule has 11 heteroatoms. The van der Waals surface area contributed by atoms with E-state index < -0.39 is 23.5 Å². The molecule has 1 aromatic heterocycles. The minimum Gasteiger partial charge on any atom is -0.322 e. The molecule has 0 aliphatic carbocycles. The van der Waals surface area contributed by atoms with Gasteiger partial charge in [-0.05, 0) is 57.3 Å². The van der Waals surface area contributed by atoms with E-state index in [4.69, 9.17) is 5.53 Å². The predicted molar refractivity (Wildman–Crippen MR) is 117 cm³/mol. The van der Waals surface area contributed by atoms with Gasteiger partial charge in [-0.25, -0.2) is 14.4 Å². The van der Waals surface area contributed by atoms with Gasteiger partial charge < -0.3 is 5.32 Å². The number of hydrogen-bond acceptors (Lipinski definition) is 4. The van der Waals surface area contributed by atoms with Crippen molar-refractivity contribution in [2.45, 2.75) is 12.6 Å². The maximum Gasteiger partial charge on any atom is 0.419 e. The van der Waals surface area contributed by atoms with Crippen LogP contribution in [0.4, 0.5) is 29.1 Å². The van der Waals surface area contributed by atoms with Gasteiger partial charge in [0.05, 0.1) is 5.56 Å². The molecule has 7 nitrogen and oxygen atoms in total. The van der Waals surface area contributed by atoms with Gasteiger partial charge in [-0.1, -0.05) is 30.3 Å². The molecule has 34 heavy (non-hydrogen) atoms. The Kier molecular flexibility index (Phi) is 6.11. The fraction of sp³-hybridized carbons (Fsp3) is 0.0870. The van der Waals surface area contributed by atoms with Gasteiger partial charge in [0.15, 0.2) is 0 Å². The lowest BCUT2D eigenvalue weighted by molar-refractivity contribution is -0.139. The summed E-state index contributed by atoms with van der Waals surface area (Å²) in [5, 5.41) is 7.16. The van der Waals surface area contributed by atoms with Crippen molar-refractivity contribution < 1.29 is 22.4 Å². The minimum atomic E-state index is -4.88. The van der Waals surface area contributed by atoms with Crippen molar-refractivity contribution in [3.05, 3.63) is 106 Å². The number of azide groups is 1. The van der Waals surface area contributed by atoms with Crippen LogP contribution in [0.5, 0.6) is 0 Å². The van der Waals surface area contributed by atoms with Crippen LogP contribution in [-0.4, -0.2) is 15.9 Å². The zero-order chi connectivity index (χ0) is 24.3. The van der Waals surface area contributed by atoms with Crippen molar-refractivity contribution in [2.24, 2.45) is 5.11 Å². The van der Waals surface area contributed by atoms with Gasteiger partial charge in [-0.15, -0.1) is 0 Å². The zero-order valence-electron chi connectivity index (χ0n) is 17.2. The third kappa shape index (κ3) is 4.94. The number of anilines is 1. The molecular weight excluding hydrogens is 452 g/mol. The molecule has 0 radical (unpaired) electrons. The Morgan fingerprint density at radius 3 is 2.65 bits per heavy atom. The summed E-state index contributed by atoms with van der Waals surface area (Å²) in [5.74, 6) is -1.85. The Balaban J connectivity index is 1.60. The van der Waals surface area contributed by atoms with Gasteiger partial charge in [0, 0.05) is 28.3 Å². The highest BCUT2D eigenvalue weighted by Crippen LogP contribution is 2.33. The zero-order valence-corrected chi connectivity index (χ0v) is 17.2. The lowest BCUT2D eigenvalue weighted by Gasteiger charge is -2.12. The summed E-state index contributed by atoms with van der Waals surface area (Å²) in [4.78, 5) is 23.5. The van der Waals surface area contributed by atoms with Crippen LogP contribution in [0.3, 0.4) is 0 Å². The van der Waals surface area contributed by atoms with Crippen LogP contribution in [0, 0.1) is 5.82 Å². The van der Waals surface area contributed by atoms with Crippen molar-refractivity contribution in [2.75, 3.05) is 5.32 Å². The highest BCUT2D eigenvalue weighted by molar-refractivity contribution is 6.13. The highest BCUT2D eigenvalue weighted by atomic mass is 19.4. The van der Waals surface area contributed by atoms with Gasteiger partial charge in [0.1, 0.15) is 18.0 Å². The molecule has 1 N–H and O–H groups in total.